The standard InChI is InChI=1S/C17H16N2/c18-11-14-8-4-5-9-15(14)12-19-17-10-16(17)13-6-2-1-3-7-13/h1-9,16-17,19H,10,12H2. The molecule has 0 aromatic heterocycles. The van der Waals surface area contributed by atoms with E-state index in [2.05, 4.69) is 41.7 Å². The molecule has 1 N–H and O–H groups in total. The summed E-state index contributed by atoms with van der Waals surface area (Å²) in [5.74, 6) is 0.635. The Balaban J connectivity index is 1.59. The lowest BCUT2D eigenvalue weighted by atomic mass is 10.1. The van der Waals surface area contributed by atoms with E-state index < -0.39 is 0 Å². The summed E-state index contributed by atoms with van der Waals surface area (Å²) in [6.45, 7) is 0.776. The Labute approximate surface area is 113 Å². The topological polar surface area (TPSA) is 35.8 Å². The van der Waals surface area contributed by atoms with Crippen LogP contribution in [-0.4, -0.2) is 6.04 Å². The number of hydrogen-bond donors (Lipinski definition) is 1. The zero-order valence-corrected chi connectivity index (χ0v) is 10.7. The van der Waals surface area contributed by atoms with Gasteiger partial charge in [0, 0.05) is 18.5 Å². The van der Waals surface area contributed by atoms with Crippen LogP contribution in [0.25, 0.3) is 0 Å². The van der Waals surface area contributed by atoms with Gasteiger partial charge < -0.3 is 5.32 Å². The second-order valence-corrected chi connectivity index (χ2v) is 5.01. The van der Waals surface area contributed by atoms with E-state index in [4.69, 9.17) is 5.26 Å². The van der Waals surface area contributed by atoms with Crippen LogP contribution in [-0.2, 0) is 6.54 Å². The summed E-state index contributed by atoms with van der Waals surface area (Å²) >= 11 is 0. The fourth-order valence-corrected chi connectivity index (χ4v) is 2.51. The Kier molecular flexibility index (Phi) is 3.31. The molecule has 2 atom stereocenters. The van der Waals surface area contributed by atoms with Crippen LogP contribution < -0.4 is 5.32 Å². The van der Waals surface area contributed by atoms with Gasteiger partial charge in [-0.3, -0.25) is 0 Å². The Bertz CT molecular complexity index is 598. The molecule has 0 amide bonds. The van der Waals surface area contributed by atoms with E-state index in [0.717, 1.165) is 17.7 Å². The van der Waals surface area contributed by atoms with Gasteiger partial charge in [-0.05, 0) is 23.6 Å². The minimum Gasteiger partial charge on any atom is -0.309 e. The number of nitriles is 1. The summed E-state index contributed by atoms with van der Waals surface area (Å²) in [6, 6.07) is 21.2. The van der Waals surface area contributed by atoms with Crippen molar-refractivity contribution in [3.8, 4) is 6.07 Å². The van der Waals surface area contributed by atoms with Crippen molar-refractivity contribution in [2.24, 2.45) is 0 Å². The van der Waals surface area contributed by atoms with E-state index in [1.807, 2.05) is 24.3 Å². The zero-order valence-electron chi connectivity index (χ0n) is 10.7. The second-order valence-electron chi connectivity index (χ2n) is 5.01. The fourth-order valence-electron chi connectivity index (χ4n) is 2.51. The van der Waals surface area contributed by atoms with Gasteiger partial charge in [0.15, 0.2) is 0 Å². The third-order valence-corrected chi connectivity index (χ3v) is 3.71. The number of benzene rings is 2. The third-order valence-electron chi connectivity index (χ3n) is 3.71. The van der Waals surface area contributed by atoms with Gasteiger partial charge in [-0.15, -0.1) is 0 Å². The molecular formula is C17H16N2. The molecule has 1 fully saturated rings. The summed E-state index contributed by atoms with van der Waals surface area (Å²) in [6.07, 6.45) is 1.19. The van der Waals surface area contributed by atoms with E-state index in [9.17, 15) is 0 Å². The highest BCUT2D eigenvalue weighted by atomic mass is 15.0. The molecule has 0 radical (unpaired) electrons. The molecule has 19 heavy (non-hydrogen) atoms. The maximum Gasteiger partial charge on any atom is 0.0995 e. The lowest BCUT2D eigenvalue weighted by molar-refractivity contribution is 0.672. The molecule has 1 aliphatic carbocycles. The third kappa shape index (κ3) is 2.67. The quantitative estimate of drug-likeness (QED) is 0.902. The van der Waals surface area contributed by atoms with Crippen LogP contribution in [0.5, 0.6) is 0 Å². The predicted octanol–water partition coefficient (Wildman–Crippen LogP) is 3.20. The molecule has 1 saturated carbocycles. The van der Waals surface area contributed by atoms with Crippen molar-refractivity contribution in [1.29, 1.82) is 5.26 Å². The monoisotopic (exact) mass is 248 g/mol. The van der Waals surface area contributed by atoms with Crippen LogP contribution in [0.4, 0.5) is 0 Å². The average Bonchev–Trinajstić information content (AvgIpc) is 3.26. The van der Waals surface area contributed by atoms with Crippen molar-refractivity contribution in [2.45, 2.75) is 24.9 Å². The Morgan fingerprint density at radius 1 is 1.05 bits per heavy atom. The van der Waals surface area contributed by atoms with Gasteiger partial charge in [-0.2, -0.15) is 5.26 Å². The van der Waals surface area contributed by atoms with Crippen molar-refractivity contribution in [2.75, 3.05) is 0 Å². The molecule has 0 saturated heterocycles. The van der Waals surface area contributed by atoms with Crippen molar-refractivity contribution in [3.63, 3.8) is 0 Å². The molecule has 0 heterocycles. The lowest BCUT2D eigenvalue weighted by Crippen LogP contribution is -2.17. The second kappa shape index (κ2) is 5.26. The molecule has 94 valence electrons. The molecule has 2 aromatic carbocycles. The van der Waals surface area contributed by atoms with Crippen LogP contribution in [0.15, 0.2) is 54.6 Å². The normalized spacial score (nSPS) is 20.8. The van der Waals surface area contributed by atoms with Crippen molar-refractivity contribution in [1.82, 2.24) is 5.32 Å². The minimum atomic E-state index is 0.550. The Morgan fingerprint density at radius 2 is 1.79 bits per heavy atom. The summed E-state index contributed by atoms with van der Waals surface area (Å²) in [5, 5.41) is 12.6. The van der Waals surface area contributed by atoms with Gasteiger partial charge in [0.1, 0.15) is 0 Å². The highest BCUT2D eigenvalue weighted by molar-refractivity contribution is 5.37. The van der Waals surface area contributed by atoms with Gasteiger partial charge in [0.05, 0.1) is 11.6 Å². The summed E-state index contributed by atoms with van der Waals surface area (Å²) in [7, 11) is 0. The minimum absolute atomic E-state index is 0.550. The first kappa shape index (κ1) is 12.0. The molecule has 2 unspecified atom stereocenters. The van der Waals surface area contributed by atoms with Gasteiger partial charge in [-0.1, -0.05) is 48.5 Å². The number of hydrogen-bond acceptors (Lipinski definition) is 2. The molecule has 1 aliphatic rings. The fraction of sp³-hybridized carbons (Fsp3) is 0.235. The number of rotatable bonds is 4. The maximum atomic E-state index is 9.05. The van der Waals surface area contributed by atoms with Gasteiger partial charge >= 0.3 is 0 Å². The zero-order chi connectivity index (χ0) is 13.1. The van der Waals surface area contributed by atoms with E-state index in [1.165, 1.54) is 12.0 Å². The smallest absolute Gasteiger partial charge is 0.0995 e. The van der Waals surface area contributed by atoms with E-state index in [0.29, 0.717) is 12.0 Å². The first-order valence-electron chi connectivity index (χ1n) is 6.65. The predicted molar refractivity (Wildman–Crippen MR) is 75.6 cm³/mol. The molecular weight excluding hydrogens is 232 g/mol. The highest BCUT2D eigenvalue weighted by Gasteiger charge is 2.37. The van der Waals surface area contributed by atoms with E-state index in [1.54, 1.807) is 0 Å². The van der Waals surface area contributed by atoms with Crippen LogP contribution in [0, 0.1) is 11.3 Å². The summed E-state index contributed by atoms with van der Waals surface area (Å²) in [4.78, 5) is 0. The molecule has 2 heteroatoms. The van der Waals surface area contributed by atoms with Crippen molar-refractivity contribution >= 4 is 0 Å². The molecule has 0 bridgehead atoms. The first-order valence-corrected chi connectivity index (χ1v) is 6.65. The van der Waals surface area contributed by atoms with Crippen molar-refractivity contribution < 1.29 is 0 Å². The molecule has 0 spiro atoms. The molecule has 2 aromatic rings. The van der Waals surface area contributed by atoms with Crippen LogP contribution in [0.1, 0.15) is 29.0 Å². The summed E-state index contributed by atoms with van der Waals surface area (Å²) < 4.78 is 0. The van der Waals surface area contributed by atoms with Gasteiger partial charge in [0.25, 0.3) is 0 Å². The van der Waals surface area contributed by atoms with E-state index in [-0.39, 0.29) is 0 Å². The van der Waals surface area contributed by atoms with Gasteiger partial charge in [0.2, 0.25) is 0 Å². The van der Waals surface area contributed by atoms with Crippen LogP contribution in [0.2, 0.25) is 0 Å². The van der Waals surface area contributed by atoms with Crippen LogP contribution in [0.3, 0.4) is 0 Å². The largest absolute Gasteiger partial charge is 0.309 e. The number of nitrogens with one attached hydrogen (secondary N) is 1. The van der Waals surface area contributed by atoms with Crippen molar-refractivity contribution in [3.05, 3.63) is 71.3 Å². The van der Waals surface area contributed by atoms with Gasteiger partial charge in [-0.25, -0.2) is 0 Å². The highest BCUT2D eigenvalue weighted by Crippen LogP contribution is 2.40. The Hall–Kier alpha value is -2.11. The molecule has 3 rings (SSSR count). The number of nitrogens with zero attached hydrogens (tertiary/aromatic N) is 1. The van der Waals surface area contributed by atoms with Crippen LogP contribution >= 0.6 is 0 Å². The first-order chi connectivity index (χ1) is 9.38. The molecule has 2 nitrogen and oxygen atoms in total. The summed E-state index contributed by atoms with van der Waals surface area (Å²) in [5.41, 5.74) is 3.27. The van der Waals surface area contributed by atoms with E-state index >= 15 is 0 Å². The average molecular weight is 248 g/mol. The Morgan fingerprint density at radius 3 is 2.58 bits per heavy atom. The maximum absolute atomic E-state index is 9.05. The SMILES string of the molecule is N#Cc1ccccc1CNC1CC1c1ccccc1. The lowest BCUT2D eigenvalue weighted by Gasteiger charge is -2.06. The molecule has 0 aliphatic heterocycles.